The Labute approximate surface area is 128 Å². The van der Waals surface area contributed by atoms with Gasteiger partial charge < -0.3 is 10.1 Å². The number of methoxy groups -OCH3 is 1. The lowest BCUT2D eigenvalue weighted by atomic mass is 10.0. The molecular weight excluding hydrogens is 297 g/mol. The van der Waals surface area contributed by atoms with Crippen molar-refractivity contribution in [2.24, 2.45) is 0 Å². The fourth-order valence-electron chi connectivity index (χ4n) is 1.97. The zero-order valence-electron chi connectivity index (χ0n) is 11.2. The van der Waals surface area contributed by atoms with Crippen molar-refractivity contribution in [3.05, 3.63) is 51.8 Å². The van der Waals surface area contributed by atoms with Crippen LogP contribution < -0.4 is 5.32 Å². The minimum absolute atomic E-state index is 0.146. The van der Waals surface area contributed by atoms with E-state index in [9.17, 15) is 0 Å². The van der Waals surface area contributed by atoms with E-state index in [1.165, 1.54) is 0 Å². The Kier molecular flexibility index (Phi) is 5.86. The Morgan fingerprint density at radius 2 is 2.15 bits per heavy atom. The molecule has 1 atom stereocenters. The molecule has 2 aromatic rings. The summed E-state index contributed by atoms with van der Waals surface area (Å²) in [4.78, 5) is 0. The molecule has 0 amide bonds. The van der Waals surface area contributed by atoms with Crippen LogP contribution >= 0.6 is 23.2 Å². The van der Waals surface area contributed by atoms with Crippen LogP contribution in [0.1, 0.15) is 23.7 Å². The Bertz CT molecular complexity index is 531. The number of hydrogen-bond acceptors (Lipinski definition) is 3. The van der Waals surface area contributed by atoms with Crippen LogP contribution in [-0.4, -0.2) is 23.9 Å². The van der Waals surface area contributed by atoms with Crippen LogP contribution in [0.5, 0.6) is 0 Å². The third kappa shape index (κ3) is 4.21. The number of nitrogens with zero attached hydrogens (tertiary/aromatic N) is 1. The molecule has 0 saturated heterocycles. The number of hydrogen-bond donors (Lipinski definition) is 2. The lowest BCUT2D eigenvalue weighted by Crippen LogP contribution is -2.22. The van der Waals surface area contributed by atoms with Gasteiger partial charge in [-0.15, -0.1) is 0 Å². The Morgan fingerprint density at radius 1 is 1.30 bits per heavy atom. The summed E-state index contributed by atoms with van der Waals surface area (Å²) in [5.74, 6) is 0. The Morgan fingerprint density at radius 3 is 2.80 bits per heavy atom. The van der Waals surface area contributed by atoms with E-state index in [1.54, 1.807) is 13.3 Å². The molecule has 4 nitrogen and oxygen atoms in total. The molecule has 2 N–H and O–H groups in total. The van der Waals surface area contributed by atoms with Crippen LogP contribution in [0.25, 0.3) is 0 Å². The molecule has 0 spiro atoms. The molecule has 1 aromatic heterocycles. The summed E-state index contributed by atoms with van der Waals surface area (Å²) in [7, 11) is 1.70. The van der Waals surface area contributed by atoms with E-state index in [2.05, 4.69) is 15.5 Å². The highest BCUT2D eigenvalue weighted by molar-refractivity contribution is 6.42. The van der Waals surface area contributed by atoms with E-state index in [-0.39, 0.29) is 6.04 Å². The van der Waals surface area contributed by atoms with Crippen LogP contribution in [0.3, 0.4) is 0 Å². The number of ether oxygens (including phenoxy) is 1. The molecule has 1 aromatic carbocycles. The van der Waals surface area contributed by atoms with Crippen molar-refractivity contribution in [2.75, 3.05) is 13.7 Å². The first-order valence-corrected chi connectivity index (χ1v) is 7.12. The van der Waals surface area contributed by atoms with E-state index in [4.69, 9.17) is 27.9 Å². The Balaban J connectivity index is 2.07. The summed E-state index contributed by atoms with van der Waals surface area (Å²) >= 11 is 12.0. The van der Waals surface area contributed by atoms with Gasteiger partial charge in [0.05, 0.1) is 10.0 Å². The quantitative estimate of drug-likeness (QED) is 0.821. The van der Waals surface area contributed by atoms with Crippen molar-refractivity contribution in [3.63, 3.8) is 0 Å². The van der Waals surface area contributed by atoms with Gasteiger partial charge in [-0.1, -0.05) is 29.3 Å². The molecule has 6 heteroatoms. The molecular formula is C14H17Cl2N3O. The number of rotatable bonds is 7. The van der Waals surface area contributed by atoms with Crippen LogP contribution in [0, 0.1) is 0 Å². The van der Waals surface area contributed by atoms with Gasteiger partial charge in [0, 0.05) is 38.2 Å². The van der Waals surface area contributed by atoms with Gasteiger partial charge in [-0.05, 0) is 30.2 Å². The van der Waals surface area contributed by atoms with Gasteiger partial charge in [0.25, 0.3) is 0 Å². The van der Waals surface area contributed by atoms with Crippen molar-refractivity contribution < 1.29 is 4.74 Å². The van der Waals surface area contributed by atoms with Gasteiger partial charge in [-0.25, -0.2) is 0 Å². The van der Waals surface area contributed by atoms with Gasteiger partial charge in [0.1, 0.15) is 0 Å². The zero-order valence-corrected chi connectivity index (χ0v) is 12.7. The van der Waals surface area contributed by atoms with Gasteiger partial charge in [-0.3, -0.25) is 5.10 Å². The summed E-state index contributed by atoms with van der Waals surface area (Å²) in [6.07, 6.45) is 2.59. The van der Waals surface area contributed by atoms with Crippen molar-refractivity contribution in [3.8, 4) is 0 Å². The molecule has 0 saturated carbocycles. The minimum atomic E-state index is 0.146. The topological polar surface area (TPSA) is 49.9 Å². The standard InChI is InChI=1S/C14H17Cl2N3O/c1-20-7-5-14(17-9-11-4-6-18-19-11)10-2-3-12(15)13(16)8-10/h2-4,6,8,14,17H,5,7,9H2,1H3,(H,18,19)/t14-/m1/s1. The SMILES string of the molecule is COCC[C@@H](NCc1ccn[nH]1)c1ccc(Cl)c(Cl)c1. The maximum Gasteiger partial charge on any atom is 0.0595 e. The van der Waals surface area contributed by atoms with Crippen molar-refractivity contribution >= 4 is 23.2 Å². The van der Waals surface area contributed by atoms with Crippen molar-refractivity contribution in [2.45, 2.75) is 19.0 Å². The molecule has 0 unspecified atom stereocenters. The lowest BCUT2D eigenvalue weighted by Gasteiger charge is -2.19. The van der Waals surface area contributed by atoms with Gasteiger partial charge in [0.15, 0.2) is 0 Å². The second kappa shape index (κ2) is 7.64. The van der Waals surface area contributed by atoms with Gasteiger partial charge in [0.2, 0.25) is 0 Å². The first-order chi connectivity index (χ1) is 9.70. The average molecular weight is 314 g/mol. The highest BCUT2D eigenvalue weighted by atomic mass is 35.5. The summed E-state index contributed by atoms with van der Waals surface area (Å²) in [5.41, 5.74) is 2.13. The second-order valence-corrected chi connectivity index (χ2v) is 5.28. The molecule has 2 rings (SSSR count). The zero-order chi connectivity index (χ0) is 14.4. The highest BCUT2D eigenvalue weighted by Gasteiger charge is 2.12. The minimum Gasteiger partial charge on any atom is -0.385 e. The van der Waals surface area contributed by atoms with Crippen LogP contribution in [-0.2, 0) is 11.3 Å². The first kappa shape index (κ1) is 15.3. The molecule has 0 bridgehead atoms. The predicted octanol–water partition coefficient (Wildman–Crippen LogP) is 3.58. The lowest BCUT2D eigenvalue weighted by molar-refractivity contribution is 0.182. The van der Waals surface area contributed by atoms with E-state index in [0.717, 1.165) is 17.7 Å². The normalized spacial score (nSPS) is 12.6. The van der Waals surface area contributed by atoms with E-state index in [0.29, 0.717) is 23.2 Å². The van der Waals surface area contributed by atoms with Crippen molar-refractivity contribution in [1.29, 1.82) is 0 Å². The first-order valence-electron chi connectivity index (χ1n) is 6.36. The van der Waals surface area contributed by atoms with Crippen molar-refractivity contribution in [1.82, 2.24) is 15.5 Å². The fraction of sp³-hybridized carbons (Fsp3) is 0.357. The maximum atomic E-state index is 6.08. The molecule has 1 heterocycles. The van der Waals surface area contributed by atoms with Gasteiger partial charge in [-0.2, -0.15) is 5.10 Å². The third-order valence-corrected chi connectivity index (χ3v) is 3.79. The van der Waals surface area contributed by atoms with Gasteiger partial charge >= 0.3 is 0 Å². The van der Waals surface area contributed by atoms with Crippen LogP contribution in [0.2, 0.25) is 10.0 Å². The number of aromatic nitrogens is 2. The molecule has 108 valence electrons. The molecule has 0 aliphatic carbocycles. The predicted molar refractivity (Wildman–Crippen MR) is 81.1 cm³/mol. The number of halogens is 2. The molecule has 0 radical (unpaired) electrons. The molecule has 20 heavy (non-hydrogen) atoms. The van der Waals surface area contributed by atoms with Crippen LogP contribution in [0.15, 0.2) is 30.5 Å². The summed E-state index contributed by atoms with van der Waals surface area (Å²) in [6, 6.07) is 7.78. The van der Waals surface area contributed by atoms with E-state index < -0.39 is 0 Å². The van der Waals surface area contributed by atoms with E-state index in [1.807, 2.05) is 24.3 Å². The smallest absolute Gasteiger partial charge is 0.0595 e. The molecule has 0 fully saturated rings. The molecule has 0 aliphatic rings. The number of H-pyrrole nitrogens is 1. The number of aromatic amines is 1. The Hall–Kier alpha value is -1.07. The summed E-state index contributed by atoms with van der Waals surface area (Å²) < 4.78 is 5.17. The second-order valence-electron chi connectivity index (χ2n) is 4.47. The maximum absolute atomic E-state index is 6.08. The van der Waals surface area contributed by atoms with Crippen LogP contribution in [0.4, 0.5) is 0 Å². The number of nitrogens with one attached hydrogen (secondary N) is 2. The number of benzene rings is 1. The fourth-order valence-corrected chi connectivity index (χ4v) is 2.27. The highest BCUT2D eigenvalue weighted by Crippen LogP contribution is 2.27. The monoisotopic (exact) mass is 313 g/mol. The molecule has 0 aliphatic heterocycles. The third-order valence-electron chi connectivity index (χ3n) is 3.05. The summed E-state index contributed by atoms with van der Waals surface area (Å²) in [6.45, 7) is 1.37. The average Bonchev–Trinajstić information content (AvgIpc) is 2.95. The summed E-state index contributed by atoms with van der Waals surface area (Å²) in [5, 5.41) is 11.5. The van der Waals surface area contributed by atoms with E-state index >= 15 is 0 Å². The largest absolute Gasteiger partial charge is 0.385 e.